The topological polar surface area (TPSA) is 15.3 Å². The maximum Gasteiger partial charge on any atom is 0.0366 e. The molecular formula is C14H22N2. The Hall–Kier alpha value is -1.02. The average Bonchev–Trinajstić information content (AvgIpc) is 2.39. The van der Waals surface area contributed by atoms with Crippen molar-refractivity contribution >= 4 is 5.69 Å². The standard InChI is InChI=1S/C14H22N2/c1-3-12-4-6-13(7-5-12)16(2)14-8-10-15-11-9-14/h4-7,14-15H,3,8-11H2,1-2H3. The molecule has 1 aromatic rings. The Labute approximate surface area is 98.7 Å². The number of rotatable bonds is 3. The molecule has 0 radical (unpaired) electrons. The summed E-state index contributed by atoms with van der Waals surface area (Å²) in [5.41, 5.74) is 2.77. The first-order valence-corrected chi connectivity index (χ1v) is 6.33. The van der Waals surface area contributed by atoms with Gasteiger partial charge in [-0.2, -0.15) is 0 Å². The normalized spacial score (nSPS) is 17.4. The molecule has 88 valence electrons. The minimum absolute atomic E-state index is 0.703. The third-order valence-corrected chi connectivity index (χ3v) is 3.61. The summed E-state index contributed by atoms with van der Waals surface area (Å²) >= 11 is 0. The second-order valence-corrected chi connectivity index (χ2v) is 4.61. The molecule has 1 fully saturated rings. The van der Waals surface area contributed by atoms with Crippen LogP contribution in [0.15, 0.2) is 24.3 Å². The van der Waals surface area contributed by atoms with Gasteiger partial charge in [0.1, 0.15) is 0 Å². The van der Waals surface area contributed by atoms with Gasteiger partial charge in [0, 0.05) is 18.8 Å². The van der Waals surface area contributed by atoms with Crippen LogP contribution in [0.5, 0.6) is 0 Å². The lowest BCUT2D eigenvalue weighted by molar-refractivity contribution is 0.443. The molecule has 1 heterocycles. The van der Waals surface area contributed by atoms with Gasteiger partial charge in [0.15, 0.2) is 0 Å². The van der Waals surface area contributed by atoms with Gasteiger partial charge in [0.25, 0.3) is 0 Å². The molecule has 1 aromatic carbocycles. The quantitative estimate of drug-likeness (QED) is 0.838. The molecule has 0 bridgehead atoms. The fraction of sp³-hybridized carbons (Fsp3) is 0.571. The summed E-state index contributed by atoms with van der Waals surface area (Å²) in [4.78, 5) is 2.43. The molecule has 2 nitrogen and oxygen atoms in total. The van der Waals surface area contributed by atoms with Gasteiger partial charge in [-0.1, -0.05) is 19.1 Å². The van der Waals surface area contributed by atoms with Crippen LogP contribution in [0.4, 0.5) is 5.69 Å². The van der Waals surface area contributed by atoms with Crippen molar-refractivity contribution in [3.8, 4) is 0 Å². The first kappa shape index (κ1) is 11.5. The van der Waals surface area contributed by atoms with Crippen LogP contribution in [0.1, 0.15) is 25.3 Å². The van der Waals surface area contributed by atoms with Gasteiger partial charge < -0.3 is 10.2 Å². The van der Waals surface area contributed by atoms with Crippen LogP contribution in [0.3, 0.4) is 0 Å². The maximum atomic E-state index is 3.41. The van der Waals surface area contributed by atoms with Crippen molar-refractivity contribution in [1.29, 1.82) is 0 Å². The van der Waals surface area contributed by atoms with E-state index in [2.05, 4.69) is 48.5 Å². The van der Waals surface area contributed by atoms with Crippen molar-refractivity contribution in [3.63, 3.8) is 0 Å². The lowest BCUT2D eigenvalue weighted by Gasteiger charge is -2.33. The molecule has 1 aliphatic rings. The highest BCUT2D eigenvalue weighted by atomic mass is 15.1. The zero-order chi connectivity index (χ0) is 11.4. The number of benzene rings is 1. The zero-order valence-corrected chi connectivity index (χ0v) is 10.4. The van der Waals surface area contributed by atoms with E-state index in [1.165, 1.54) is 24.1 Å². The fourth-order valence-corrected chi connectivity index (χ4v) is 2.37. The summed E-state index contributed by atoms with van der Waals surface area (Å²) in [6.45, 7) is 4.51. The van der Waals surface area contributed by atoms with Gasteiger partial charge >= 0.3 is 0 Å². The second kappa shape index (κ2) is 5.35. The Morgan fingerprint density at radius 2 is 1.81 bits per heavy atom. The fourth-order valence-electron chi connectivity index (χ4n) is 2.37. The highest BCUT2D eigenvalue weighted by Gasteiger charge is 2.17. The van der Waals surface area contributed by atoms with Gasteiger partial charge in [0.2, 0.25) is 0 Å². The first-order chi connectivity index (χ1) is 7.81. The number of nitrogens with zero attached hydrogens (tertiary/aromatic N) is 1. The summed E-state index contributed by atoms with van der Waals surface area (Å²) in [5, 5.41) is 3.41. The van der Waals surface area contributed by atoms with E-state index in [9.17, 15) is 0 Å². The molecule has 1 N–H and O–H groups in total. The van der Waals surface area contributed by atoms with Crippen molar-refractivity contribution in [2.75, 3.05) is 25.0 Å². The highest BCUT2D eigenvalue weighted by Crippen LogP contribution is 2.20. The summed E-state index contributed by atoms with van der Waals surface area (Å²) in [7, 11) is 2.22. The monoisotopic (exact) mass is 218 g/mol. The largest absolute Gasteiger partial charge is 0.372 e. The molecule has 0 aromatic heterocycles. The smallest absolute Gasteiger partial charge is 0.0366 e. The number of hydrogen-bond donors (Lipinski definition) is 1. The predicted octanol–water partition coefficient (Wildman–Crippen LogP) is 2.44. The van der Waals surface area contributed by atoms with Crippen molar-refractivity contribution in [2.45, 2.75) is 32.2 Å². The van der Waals surface area contributed by atoms with E-state index in [-0.39, 0.29) is 0 Å². The predicted molar refractivity (Wildman–Crippen MR) is 70.1 cm³/mol. The van der Waals surface area contributed by atoms with Crippen LogP contribution in [0.2, 0.25) is 0 Å². The van der Waals surface area contributed by atoms with Crippen molar-refractivity contribution in [3.05, 3.63) is 29.8 Å². The summed E-state index contributed by atoms with van der Waals surface area (Å²) in [5.74, 6) is 0. The Bertz CT molecular complexity index is 312. The van der Waals surface area contributed by atoms with E-state index in [4.69, 9.17) is 0 Å². The van der Waals surface area contributed by atoms with Gasteiger partial charge in [0.05, 0.1) is 0 Å². The average molecular weight is 218 g/mol. The molecule has 2 rings (SSSR count). The first-order valence-electron chi connectivity index (χ1n) is 6.33. The molecule has 0 aliphatic carbocycles. The number of aryl methyl sites for hydroxylation is 1. The van der Waals surface area contributed by atoms with Gasteiger partial charge in [-0.25, -0.2) is 0 Å². The van der Waals surface area contributed by atoms with Crippen LogP contribution in [0, 0.1) is 0 Å². The zero-order valence-electron chi connectivity index (χ0n) is 10.4. The molecule has 0 saturated carbocycles. The van der Waals surface area contributed by atoms with E-state index >= 15 is 0 Å². The van der Waals surface area contributed by atoms with Crippen LogP contribution in [-0.2, 0) is 6.42 Å². The number of piperidine rings is 1. The minimum Gasteiger partial charge on any atom is -0.372 e. The highest BCUT2D eigenvalue weighted by molar-refractivity contribution is 5.47. The Balaban J connectivity index is 2.04. The molecule has 1 saturated heterocycles. The van der Waals surface area contributed by atoms with Gasteiger partial charge in [-0.15, -0.1) is 0 Å². The summed E-state index contributed by atoms with van der Waals surface area (Å²) in [6.07, 6.45) is 3.63. The minimum atomic E-state index is 0.703. The Morgan fingerprint density at radius 3 is 2.38 bits per heavy atom. The van der Waals surface area contributed by atoms with E-state index in [1.807, 2.05) is 0 Å². The van der Waals surface area contributed by atoms with Crippen LogP contribution >= 0.6 is 0 Å². The lowest BCUT2D eigenvalue weighted by atomic mass is 10.0. The molecule has 0 atom stereocenters. The van der Waals surface area contributed by atoms with Crippen LogP contribution in [-0.4, -0.2) is 26.2 Å². The SMILES string of the molecule is CCc1ccc(N(C)C2CCNCC2)cc1. The molecule has 16 heavy (non-hydrogen) atoms. The molecule has 0 amide bonds. The van der Waals surface area contributed by atoms with E-state index in [1.54, 1.807) is 0 Å². The number of hydrogen-bond acceptors (Lipinski definition) is 2. The van der Waals surface area contributed by atoms with Crippen LogP contribution in [0.25, 0.3) is 0 Å². The van der Waals surface area contributed by atoms with Crippen LogP contribution < -0.4 is 10.2 Å². The van der Waals surface area contributed by atoms with E-state index < -0.39 is 0 Å². The molecule has 2 heteroatoms. The lowest BCUT2D eigenvalue weighted by Crippen LogP contribution is -2.41. The second-order valence-electron chi connectivity index (χ2n) is 4.61. The Kier molecular flexibility index (Phi) is 3.83. The van der Waals surface area contributed by atoms with Crippen molar-refractivity contribution in [2.24, 2.45) is 0 Å². The summed E-state index contributed by atoms with van der Waals surface area (Å²) in [6, 6.07) is 9.69. The number of anilines is 1. The van der Waals surface area contributed by atoms with E-state index in [0.29, 0.717) is 6.04 Å². The Morgan fingerprint density at radius 1 is 1.19 bits per heavy atom. The third-order valence-electron chi connectivity index (χ3n) is 3.61. The van der Waals surface area contributed by atoms with Crippen molar-refractivity contribution < 1.29 is 0 Å². The van der Waals surface area contributed by atoms with Crippen molar-refractivity contribution in [1.82, 2.24) is 5.32 Å². The maximum absolute atomic E-state index is 3.41. The molecule has 0 unspecified atom stereocenters. The molecule has 0 spiro atoms. The van der Waals surface area contributed by atoms with Gasteiger partial charge in [-0.3, -0.25) is 0 Å². The van der Waals surface area contributed by atoms with Gasteiger partial charge in [-0.05, 0) is 50.0 Å². The third kappa shape index (κ3) is 2.56. The molecular weight excluding hydrogens is 196 g/mol. The molecule has 1 aliphatic heterocycles. The number of nitrogens with one attached hydrogen (secondary N) is 1. The summed E-state index contributed by atoms with van der Waals surface area (Å²) < 4.78 is 0. The van der Waals surface area contributed by atoms with E-state index in [0.717, 1.165) is 19.5 Å².